The maximum Gasteiger partial charge on any atom is 0.230 e. The van der Waals surface area contributed by atoms with Gasteiger partial charge in [-0.05, 0) is 58.5 Å². The van der Waals surface area contributed by atoms with E-state index >= 15 is 0 Å². The van der Waals surface area contributed by atoms with Crippen LogP contribution in [0.4, 0.5) is 0 Å². The van der Waals surface area contributed by atoms with E-state index in [4.69, 9.17) is 0 Å². The summed E-state index contributed by atoms with van der Waals surface area (Å²) >= 11 is 0. The van der Waals surface area contributed by atoms with Gasteiger partial charge in [-0.15, -0.1) is 0 Å². The molecule has 0 aromatic carbocycles. The van der Waals surface area contributed by atoms with Crippen LogP contribution in [0.3, 0.4) is 0 Å². The average Bonchev–Trinajstić information content (AvgIpc) is 3.39. The maximum absolute atomic E-state index is 12.8. The third-order valence-electron chi connectivity index (χ3n) is 5.27. The highest BCUT2D eigenvalue weighted by atomic mass is 16.2. The molecule has 2 amide bonds. The zero-order chi connectivity index (χ0) is 15.7. The molecule has 1 atom stereocenters. The van der Waals surface area contributed by atoms with Gasteiger partial charge >= 0.3 is 0 Å². The predicted octanol–water partition coefficient (Wildman–Crippen LogP) is 1.09. The van der Waals surface area contributed by atoms with Crippen molar-refractivity contribution in [3.05, 3.63) is 0 Å². The third-order valence-corrected chi connectivity index (χ3v) is 5.27. The summed E-state index contributed by atoms with van der Waals surface area (Å²) in [6.07, 6.45) is 6.37. The van der Waals surface area contributed by atoms with Crippen LogP contribution in [0.5, 0.6) is 0 Å². The fourth-order valence-electron chi connectivity index (χ4n) is 3.62. The Balaban J connectivity index is 1.53. The van der Waals surface area contributed by atoms with Gasteiger partial charge in [0.25, 0.3) is 0 Å². The number of carbonyl (C=O) groups excluding carboxylic acids is 2. The Morgan fingerprint density at radius 3 is 2.55 bits per heavy atom. The Hall–Kier alpha value is -1.10. The van der Waals surface area contributed by atoms with Gasteiger partial charge in [-0.3, -0.25) is 9.59 Å². The van der Waals surface area contributed by atoms with E-state index in [1.807, 2.05) is 19.0 Å². The summed E-state index contributed by atoms with van der Waals surface area (Å²) < 4.78 is 0. The molecular weight excluding hydrogens is 278 g/mol. The molecule has 3 fully saturated rings. The van der Waals surface area contributed by atoms with Crippen LogP contribution in [0.15, 0.2) is 0 Å². The highest BCUT2D eigenvalue weighted by Crippen LogP contribution is 2.48. The SMILES string of the molecule is CN(C)CC1(C(=O)N2CCCC(C(=O)NCC3CC3)C2)CC1. The Morgan fingerprint density at radius 2 is 1.95 bits per heavy atom. The van der Waals surface area contributed by atoms with Crippen molar-refractivity contribution in [2.45, 2.75) is 38.5 Å². The lowest BCUT2D eigenvalue weighted by atomic mass is 9.94. The van der Waals surface area contributed by atoms with Crippen molar-refractivity contribution in [2.24, 2.45) is 17.3 Å². The van der Waals surface area contributed by atoms with Crippen LogP contribution in [-0.2, 0) is 9.59 Å². The standard InChI is InChI=1S/C17H29N3O2/c1-19(2)12-17(7-8-17)16(22)20-9-3-4-14(11-20)15(21)18-10-13-5-6-13/h13-14H,3-12H2,1-2H3,(H,18,21). The molecule has 0 aromatic rings. The summed E-state index contributed by atoms with van der Waals surface area (Å²) in [7, 11) is 4.05. The van der Waals surface area contributed by atoms with Crippen LogP contribution in [0, 0.1) is 17.3 Å². The molecular formula is C17H29N3O2. The van der Waals surface area contributed by atoms with Crippen molar-refractivity contribution in [3.8, 4) is 0 Å². The van der Waals surface area contributed by atoms with Crippen molar-refractivity contribution in [1.82, 2.24) is 15.1 Å². The minimum Gasteiger partial charge on any atom is -0.356 e. The van der Waals surface area contributed by atoms with Crippen molar-refractivity contribution in [1.29, 1.82) is 0 Å². The maximum atomic E-state index is 12.8. The highest BCUT2D eigenvalue weighted by Gasteiger charge is 2.52. The van der Waals surface area contributed by atoms with Gasteiger partial charge in [0.1, 0.15) is 0 Å². The van der Waals surface area contributed by atoms with E-state index in [2.05, 4.69) is 10.2 Å². The largest absolute Gasteiger partial charge is 0.356 e. The van der Waals surface area contributed by atoms with Crippen LogP contribution in [0.25, 0.3) is 0 Å². The van der Waals surface area contributed by atoms with Crippen molar-refractivity contribution >= 4 is 11.8 Å². The van der Waals surface area contributed by atoms with Crippen LogP contribution in [0.2, 0.25) is 0 Å². The fourth-order valence-corrected chi connectivity index (χ4v) is 3.62. The lowest BCUT2D eigenvalue weighted by Gasteiger charge is -2.35. The Morgan fingerprint density at radius 1 is 1.23 bits per heavy atom. The molecule has 0 spiro atoms. The van der Waals surface area contributed by atoms with Gasteiger partial charge in [0.2, 0.25) is 11.8 Å². The first-order chi connectivity index (χ1) is 10.5. The molecule has 1 N–H and O–H groups in total. The second-order valence-corrected chi connectivity index (χ2v) is 7.80. The summed E-state index contributed by atoms with van der Waals surface area (Å²) in [6.45, 7) is 3.10. The fraction of sp³-hybridized carbons (Fsp3) is 0.882. The van der Waals surface area contributed by atoms with Crippen molar-refractivity contribution in [2.75, 3.05) is 40.3 Å². The summed E-state index contributed by atoms with van der Waals surface area (Å²) in [5, 5.41) is 3.08. The molecule has 2 aliphatic carbocycles. The number of hydrogen-bond acceptors (Lipinski definition) is 3. The number of likely N-dealkylation sites (tertiary alicyclic amines) is 1. The quantitative estimate of drug-likeness (QED) is 0.799. The molecule has 124 valence electrons. The van der Waals surface area contributed by atoms with Gasteiger partial charge in [0, 0.05) is 26.2 Å². The summed E-state index contributed by atoms with van der Waals surface area (Å²) in [4.78, 5) is 29.2. The summed E-state index contributed by atoms with van der Waals surface area (Å²) in [5.41, 5.74) is -0.157. The van der Waals surface area contributed by atoms with E-state index in [1.54, 1.807) is 0 Å². The number of nitrogens with zero attached hydrogens (tertiary/aromatic N) is 2. The third kappa shape index (κ3) is 3.62. The van der Waals surface area contributed by atoms with Crippen molar-refractivity contribution in [3.63, 3.8) is 0 Å². The number of amides is 2. The van der Waals surface area contributed by atoms with Gasteiger partial charge in [-0.1, -0.05) is 0 Å². The molecule has 22 heavy (non-hydrogen) atoms. The van der Waals surface area contributed by atoms with Gasteiger partial charge in [0.15, 0.2) is 0 Å². The van der Waals surface area contributed by atoms with E-state index in [9.17, 15) is 9.59 Å². The Bertz CT molecular complexity index is 441. The minimum absolute atomic E-state index is 0.00777. The zero-order valence-electron chi connectivity index (χ0n) is 13.9. The zero-order valence-corrected chi connectivity index (χ0v) is 13.9. The molecule has 3 rings (SSSR count). The summed E-state index contributed by atoms with van der Waals surface area (Å²) in [6, 6.07) is 0. The van der Waals surface area contributed by atoms with E-state index in [0.29, 0.717) is 12.5 Å². The highest BCUT2D eigenvalue weighted by molar-refractivity contribution is 5.87. The van der Waals surface area contributed by atoms with Gasteiger partial charge in [-0.25, -0.2) is 0 Å². The molecule has 1 saturated heterocycles. The second-order valence-electron chi connectivity index (χ2n) is 7.80. The number of rotatable bonds is 6. The van der Waals surface area contributed by atoms with Crippen molar-refractivity contribution < 1.29 is 9.59 Å². The predicted molar refractivity (Wildman–Crippen MR) is 85.3 cm³/mol. The molecule has 2 saturated carbocycles. The topological polar surface area (TPSA) is 52.7 Å². The van der Waals surface area contributed by atoms with Gasteiger partial charge in [0.05, 0.1) is 11.3 Å². The molecule has 1 aliphatic heterocycles. The smallest absolute Gasteiger partial charge is 0.230 e. The van der Waals surface area contributed by atoms with Crippen LogP contribution in [-0.4, -0.2) is 61.9 Å². The van der Waals surface area contributed by atoms with E-state index in [0.717, 1.165) is 45.3 Å². The molecule has 5 heteroatoms. The van der Waals surface area contributed by atoms with Gasteiger partial charge < -0.3 is 15.1 Å². The number of nitrogens with one attached hydrogen (secondary N) is 1. The number of hydrogen-bond donors (Lipinski definition) is 1. The first-order valence-corrected chi connectivity index (χ1v) is 8.72. The summed E-state index contributed by atoms with van der Waals surface area (Å²) in [5.74, 6) is 1.13. The minimum atomic E-state index is -0.157. The van der Waals surface area contributed by atoms with E-state index in [-0.39, 0.29) is 23.1 Å². The lowest BCUT2D eigenvalue weighted by molar-refractivity contribution is -0.141. The Kier molecular flexibility index (Phi) is 4.44. The first kappa shape index (κ1) is 15.8. The normalized spacial score (nSPS) is 26.9. The van der Waals surface area contributed by atoms with Crippen LogP contribution in [0.1, 0.15) is 38.5 Å². The molecule has 0 bridgehead atoms. The second kappa shape index (κ2) is 6.19. The van der Waals surface area contributed by atoms with Gasteiger partial charge in [-0.2, -0.15) is 0 Å². The molecule has 3 aliphatic rings. The number of carbonyl (C=O) groups is 2. The van der Waals surface area contributed by atoms with Crippen LogP contribution < -0.4 is 5.32 Å². The Labute approximate surface area is 133 Å². The number of piperidine rings is 1. The average molecular weight is 307 g/mol. The molecule has 5 nitrogen and oxygen atoms in total. The monoisotopic (exact) mass is 307 g/mol. The molecule has 0 radical (unpaired) electrons. The van der Waals surface area contributed by atoms with E-state index in [1.165, 1.54) is 12.8 Å². The van der Waals surface area contributed by atoms with E-state index < -0.39 is 0 Å². The molecule has 1 unspecified atom stereocenters. The lowest BCUT2D eigenvalue weighted by Crippen LogP contribution is -2.49. The first-order valence-electron chi connectivity index (χ1n) is 8.72. The van der Waals surface area contributed by atoms with Crippen LogP contribution >= 0.6 is 0 Å². The molecule has 0 aromatic heterocycles. The molecule has 1 heterocycles.